The Morgan fingerprint density at radius 3 is 2.00 bits per heavy atom. The van der Waals surface area contributed by atoms with Crippen molar-refractivity contribution in [3.8, 4) is 0 Å². The normalized spacial score (nSPS) is 18.0. The quantitative estimate of drug-likeness (QED) is 0.549. The van der Waals surface area contributed by atoms with Crippen molar-refractivity contribution in [3.05, 3.63) is 0 Å². The van der Waals surface area contributed by atoms with Gasteiger partial charge in [0, 0.05) is 4.43 Å². The average molecular weight is 230 g/mol. The summed E-state index contributed by atoms with van der Waals surface area (Å²) in [5.41, 5.74) is 0. The minimum Gasteiger partial charge on any atom is -0.390 e. The molecule has 0 fully saturated rings. The summed E-state index contributed by atoms with van der Waals surface area (Å²) in [4.78, 5) is 0. The highest BCUT2D eigenvalue weighted by Gasteiger charge is 2.10. The van der Waals surface area contributed by atoms with Gasteiger partial charge in [0.2, 0.25) is 0 Å². The van der Waals surface area contributed by atoms with Crippen molar-refractivity contribution in [2.24, 2.45) is 0 Å². The molecule has 0 aromatic carbocycles. The van der Waals surface area contributed by atoms with E-state index in [0.717, 1.165) is 0 Å². The Balaban J connectivity index is 3.29. The van der Waals surface area contributed by atoms with Crippen molar-refractivity contribution < 1.29 is 10.2 Å². The summed E-state index contributed by atoms with van der Waals surface area (Å²) in [6.45, 7) is 1.85. The molecule has 0 radical (unpaired) electrons. The van der Waals surface area contributed by atoms with Gasteiger partial charge in [0.25, 0.3) is 0 Å². The summed E-state index contributed by atoms with van der Waals surface area (Å²) in [7, 11) is 0. The summed E-state index contributed by atoms with van der Waals surface area (Å²) < 4.78 is 0.604. The highest BCUT2D eigenvalue weighted by atomic mass is 127. The zero-order valence-corrected chi connectivity index (χ0v) is 7.00. The fourth-order valence-corrected chi connectivity index (χ4v) is 0.962. The molecule has 8 heavy (non-hydrogen) atoms. The lowest BCUT2D eigenvalue weighted by Crippen LogP contribution is -2.25. The zero-order chi connectivity index (χ0) is 6.57. The standard InChI is InChI=1S/C5H11IO2/c1-2-4(7)5(8)3-6/h4-5,7-8H,2-3H2,1H3/t4-,5-/m1/s1. The smallest absolute Gasteiger partial charge is 0.0888 e. The molecule has 0 rings (SSSR count). The van der Waals surface area contributed by atoms with E-state index in [1.807, 2.05) is 29.5 Å². The lowest BCUT2D eigenvalue weighted by atomic mass is 10.2. The molecule has 0 unspecified atom stereocenters. The number of rotatable bonds is 3. The molecule has 2 atom stereocenters. The summed E-state index contributed by atoms with van der Waals surface area (Å²) >= 11 is 2.04. The molecule has 0 aliphatic heterocycles. The van der Waals surface area contributed by atoms with Crippen molar-refractivity contribution in [2.45, 2.75) is 25.6 Å². The first-order valence-electron chi connectivity index (χ1n) is 2.64. The largest absolute Gasteiger partial charge is 0.390 e. The monoisotopic (exact) mass is 230 g/mol. The molecule has 0 aliphatic carbocycles. The van der Waals surface area contributed by atoms with E-state index >= 15 is 0 Å². The average Bonchev–Trinajstić information content (AvgIpc) is 1.84. The molecule has 2 N–H and O–H groups in total. The summed E-state index contributed by atoms with van der Waals surface area (Å²) in [5, 5.41) is 17.7. The van der Waals surface area contributed by atoms with Gasteiger partial charge in [0.05, 0.1) is 12.2 Å². The van der Waals surface area contributed by atoms with Gasteiger partial charge in [-0.15, -0.1) is 0 Å². The summed E-state index contributed by atoms with van der Waals surface area (Å²) in [6, 6.07) is 0. The van der Waals surface area contributed by atoms with Gasteiger partial charge < -0.3 is 10.2 Å². The molecule has 0 amide bonds. The predicted molar refractivity (Wildman–Crippen MR) is 41.2 cm³/mol. The molecule has 2 nitrogen and oxygen atoms in total. The Bertz CT molecular complexity index is 50.4. The molecule has 0 aromatic heterocycles. The van der Waals surface area contributed by atoms with Gasteiger partial charge in [-0.1, -0.05) is 29.5 Å². The van der Waals surface area contributed by atoms with E-state index < -0.39 is 12.2 Å². The zero-order valence-electron chi connectivity index (χ0n) is 4.84. The van der Waals surface area contributed by atoms with Crippen LogP contribution in [0.15, 0.2) is 0 Å². The fraction of sp³-hybridized carbons (Fsp3) is 1.00. The van der Waals surface area contributed by atoms with Crippen LogP contribution in [0.25, 0.3) is 0 Å². The van der Waals surface area contributed by atoms with Gasteiger partial charge in [0.15, 0.2) is 0 Å². The highest BCUT2D eigenvalue weighted by molar-refractivity contribution is 14.1. The van der Waals surface area contributed by atoms with Crippen molar-refractivity contribution in [2.75, 3.05) is 4.43 Å². The van der Waals surface area contributed by atoms with E-state index in [2.05, 4.69) is 0 Å². The van der Waals surface area contributed by atoms with Crippen molar-refractivity contribution in [1.29, 1.82) is 0 Å². The van der Waals surface area contributed by atoms with Crippen molar-refractivity contribution in [3.63, 3.8) is 0 Å². The molecule has 0 spiro atoms. The predicted octanol–water partition coefficient (Wildman–Crippen LogP) is 0.553. The van der Waals surface area contributed by atoms with Gasteiger partial charge in [-0.2, -0.15) is 0 Å². The number of hydrogen-bond donors (Lipinski definition) is 2. The van der Waals surface area contributed by atoms with Gasteiger partial charge in [-0.3, -0.25) is 0 Å². The molecule has 0 bridgehead atoms. The second kappa shape index (κ2) is 4.52. The van der Waals surface area contributed by atoms with Gasteiger partial charge in [-0.05, 0) is 6.42 Å². The van der Waals surface area contributed by atoms with E-state index in [-0.39, 0.29) is 0 Å². The summed E-state index contributed by atoms with van der Waals surface area (Å²) in [6.07, 6.45) is -0.447. The molecule has 0 heterocycles. The van der Waals surface area contributed by atoms with Crippen LogP contribution in [0.4, 0.5) is 0 Å². The van der Waals surface area contributed by atoms with Crippen LogP contribution in [0.1, 0.15) is 13.3 Å². The van der Waals surface area contributed by atoms with Crippen molar-refractivity contribution >= 4 is 22.6 Å². The van der Waals surface area contributed by atoms with Crippen LogP contribution in [0.5, 0.6) is 0 Å². The Kier molecular flexibility index (Phi) is 4.89. The van der Waals surface area contributed by atoms with Gasteiger partial charge in [0.1, 0.15) is 0 Å². The number of hydrogen-bond acceptors (Lipinski definition) is 2. The molecule has 0 aliphatic rings. The van der Waals surface area contributed by atoms with Gasteiger partial charge in [-0.25, -0.2) is 0 Å². The second-order valence-electron chi connectivity index (χ2n) is 1.70. The maximum atomic E-state index is 8.87. The van der Waals surface area contributed by atoms with Crippen LogP contribution < -0.4 is 0 Å². The van der Waals surface area contributed by atoms with E-state index in [9.17, 15) is 0 Å². The molecule has 0 saturated heterocycles. The number of aliphatic hydroxyl groups is 2. The van der Waals surface area contributed by atoms with E-state index in [4.69, 9.17) is 10.2 Å². The molecular formula is C5H11IO2. The third-order valence-corrected chi connectivity index (χ3v) is 1.92. The highest BCUT2D eigenvalue weighted by Crippen LogP contribution is 2.00. The third-order valence-electron chi connectivity index (χ3n) is 1.02. The molecule has 3 heteroatoms. The molecule has 0 saturated carbocycles. The SMILES string of the molecule is CC[C@@H](O)[C@H](O)CI. The number of alkyl halides is 1. The van der Waals surface area contributed by atoms with E-state index in [1.54, 1.807) is 0 Å². The van der Waals surface area contributed by atoms with Crippen molar-refractivity contribution in [1.82, 2.24) is 0 Å². The van der Waals surface area contributed by atoms with Crippen LogP contribution in [0.2, 0.25) is 0 Å². The van der Waals surface area contributed by atoms with Crippen LogP contribution >= 0.6 is 22.6 Å². The maximum Gasteiger partial charge on any atom is 0.0888 e. The van der Waals surface area contributed by atoms with Crippen LogP contribution in [0.3, 0.4) is 0 Å². The minimum absolute atomic E-state index is 0.535. The minimum atomic E-state index is -0.541. The first-order valence-corrected chi connectivity index (χ1v) is 4.17. The number of aliphatic hydroxyl groups excluding tert-OH is 2. The molecule has 50 valence electrons. The summed E-state index contributed by atoms with van der Waals surface area (Å²) in [5.74, 6) is 0. The lowest BCUT2D eigenvalue weighted by molar-refractivity contribution is 0.0340. The van der Waals surface area contributed by atoms with Crippen LogP contribution in [-0.2, 0) is 0 Å². The Labute approximate surface area is 63.0 Å². The third kappa shape index (κ3) is 2.84. The lowest BCUT2D eigenvalue weighted by Gasteiger charge is -2.11. The van der Waals surface area contributed by atoms with E-state index in [0.29, 0.717) is 10.8 Å². The first-order chi connectivity index (χ1) is 3.72. The molecular weight excluding hydrogens is 219 g/mol. The second-order valence-corrected chi connectivity index (χ2v) is 2.58. The Morgan fingerprint density at radius 2 is 1.88 bits per heavy atom. The van der Waals surface area contributed by atoms with E-state index in [1.165, 1.54) is 0 Å². The topological polar surface area (TPSA) is 40.5 Å². The number of halogens is 1. The maximum absolute atomic E-state index is 8.87. The van der Waals surface area contributed by atoms with Crippen LogP contribution in [0, 0.1) is 0 Å². The first kappa shape index (κ1) is 8.65. The van der Waals surface area contributed by atoms with Crippen LogP contribution in [-0.4, -0.2) is 26.8 Å². The Hall–Kier alpha value is 0.650. The fourth-order valence-electron chi connectivity index (χ4n) is 0.375. The molecule has 0 aromatic rings. The Morgan fingerprint density at radius 1 is 1.38 bits per heavy atom. The van der Waals surface area contributed by atoms with Gasteiger partial charge >= 0.3 is 0 Å².